The van der Waals surface area contributed by atoms with Gasteiger partial charge in [-0.25, -0.2) is 9.78 Å². The molecule has 1 unspecified atom stereocenters. The second-order valence-electron chi connectivity index (χ2n) is 8.22. The third kappa shape index (κ3) is 7.56. The fourth-order valence-electron chi connectivity index (χ4n) is 3.27. The molecule has 3 rings (SSSR count). The van der Waals surface area contributed by atoms with Crippen LogP contribution in [0.4, 0.5) is 13.2 Å². The number of imidazole rings is 1. The van der Waals surface area contributed by atoms with Crippen LogP contribution in [-0.2, 0) is 22.7 Å². The maximum absolute atomic E-state index is 12.5. The predicted octanol–water partition coefficient (Wildman–Crippen LogP) is 3.18. The number of carbonyl (C=O) groups is 3. The van der Waals surface area contributed by atoms with E-state index in [-0.39, 0.29) is 17.9 Å². The van der Waals surface area contributed by atoms with E-state index in [1.807, 2.05) is 28.5 Å². The molecule has 1 aliphatic heterocycles. The van der Waals surface area contributed by atoms with Gasteiger partial charge >= 0.3 is 12.1 Å². The van der Waals surface area contributed by atoms with Crippen molar-refractivity contribution in [2.24, 2.45) is 5.92 Å². The van der Waals surface area contributed by atoms with Crippen LogP contribution < -0.4 is 5.32 Å². The van der Waals surface area contributed by atoms with Crippen LogP contribution >= 0.6 is 0 Å². The zero-order chi connectivity index (χ0) is 25.5. The number of rotatable bonds is 6. The first-order valence-corrected chi connectivity index (χ1v) is 10.7. The van der Waals surface area contributed by atoms with Gasteiger partial charge in [0.1, 0.15) is 11.5 Å². The number of nitrogens with zero attached hydrogens (tertiary/aromatic N) is 4. The fourth-order valence-corrected chi connectivity index (χ4v) is 3.27. The van der Waals surface area contributed by atoms with E-state index in [0.717, 1.165) is 17.8 Å². The molecule has 0 aliphatic carbocycles. The molecule has 186 valence electrons. The molecule has 34 heavy (non-hydrogen) atoms. The average molecular weight is 483 g/mol. The lowest BCUT2D eigenvalue weighted by Crippen LogP contribution is -2.41. The summed E-state index contributed by atoms with van der Waals surface area (Å²) >= 11 is 0. The lowest BCUT2D eigenvalue weighted by Gasteiger charge is -2.34. The number of amides is 2. The topological polar surface area (TPSA) is 117 Å². The first kappa shape index (κ1) is 26.8. The molecule has 2 aromatic rings. The van der Waals surface area contributed by atoms with Gasteiger partial charge in [-0.05, 0) is 30.9 Å². The van der Waals surface area contributed by atoms with Crippen molar-refractivity contribution in [2.75, 3.05) is 6.54 Å². The molecular formula is C22H28F3N5O4. The lowest BCUT2D eigenvalue weighted by atomic mass is 10.1. The normalized spacial score (nSPS) is 15.3. The lowest BCUT2D eigenvalue weighted by molar-refractivity contribution is -0.192. The van der Waals surface area contributed by atoms with Crippen molar-refractivity contribution in [1.82, 2.24) is 24.8 Å². The summed E-state index contributed by atoms with van der Waals surface area (Å²) in [5.41, 5.74) is 1.32. The maximum atomic E-state index is 12.5. The van der Waals surface area contributed by atoms with E-state index in [9.17, 15) is 22.8 Å². The summed E-state index contributed by atoms with van der Waals surface area (Å²) in [7, 11) is 0. The Morgan fingerprint density at radius 3 is 2.50 bits per heavy atom. The first-order chi connectivity index (χ1) is 15.9. The number of carbonyl (C=O) groups excluding carboxylic acids is 2. The van der Waals surface area contributed by atoms with Crippen LogP contribution in [0.3, 0.4) is 0 Å². The minimum atomic E-state index is -5.08. The summed E-state index contributed by atoms with van der Waals surface area (Å²) in [5.74, 6) is -1.54. The standard InChI is InChI=1S/C20H27N5O2.C2HF3O2/c1-14(2)6-7-18(26)25-10-9-24-13-17(23-19(24)15(25)3)20(27)22-12-16-5-4-8-21-11-16;3-2(4,5)1(6)7/h4-5,8,11,13-15H,6-7,9-10,12H2,1-3H3,(H,22,27);(H,6,7). The van der Waals surface area contributed by atoms with Crippen LogP contribution in [-0.4, -0.2) is 55.0 Å². The van der Waals surface area contributed by atoms with Gasteiger partial charge in [0.2, 0.25) is 5.91 Å². The van der Waals surface area contributed by atoms with Gasteiger partial charge in [-0.2, -0.15) is 13.2 Å². The SMILES string of the molecule is CC(C)CCC(=O)N1CCn2cc(C(=O)NCc3cccnc3)nc2C1C.O=C(O)C(F)(F)F. The number of alkyl halides is 3. The fraction of sp³-hybridized carbons (Fsp3) is 0.500. The number of nitrogens with one attached hydrogen (secondary N) is 1. The van der Waals surface area contributed by atoms with Crippen molar-refractivity contribution >= 4 is 17.8 Å². The van der Waals surface area contributed by atoms with Gasteiger partial charge in [0.25, 0.3) is 5.91 Å². The van der Waals surface area contributed by atoms with Gasteiger partial charge in [0.15, 0.2) is 0 Å². The van der Waals surface area contributed by atoms with E-state index < -0.39 is 12.1 Å². The molecule has 0 aromatic carbocycles. The van der Waals surface area contributed by atoms with Gasteiger partial charge in [-0.3, -0.25) is 14.6 Å². The molecule has 2 amide bonds. The molecule has 3 heterocycles. The van der Waals surface area contributed by atoms with Crippen molar-refractivity contribution in [3.63, 3.8) is 0 Å². The van der Waals surface area contributed by atoms with Crippen LogP contribution in [0.2, 0.25) is 0 Å². The predicted molar refractivity (Wildman–Crippen MR) is 116 cm³/mol. The molecule has 9 nitrogen and oxygen atoms in total. The highest BCUT2D eigenvalue weighted by atomic mass is 19.4. The van der Waals surface area contributed by atoms with Crippen molar-refractivity contribution in [3.8, 4) is 0 Å². The Labute approximate surface area is 195 Å². The zero-order valence-electron chi connectivity index (χ0n) is 19.2. The second kappa shape index (κ2) is 11.6. The Hall–Kier alpha value is -3.44. The van der Waals surface area contributed by atoms with Crippen molar-refractivity contribution in [1.29, 1.82) is 0 Å². The number of carboxylic acids is 1. The number of fused-ring (bicyclic) bond motifs is 1. The van der Waals surface area contributed by atoms with E-state index in [0.29, 0.717) is 37.7 Å². The van der Waals surface area contributed by atoms with E-state index in [2.05, 4.69) is 29.1 Å². The number of halogens is 3. The van der Waals surface area contributed by atoms with E-state index in [4.69, 9.17) is 9.90 Å². The highest BCUT2D eigenvalue weighted by molar-refractivity contribution is 5.92. The summed E-state index contributed by atoms with van der Waals surface area (Å²) < 4.78 is 33.7. The third-order valence-electron chi connectivity index (χ3n) is 5.14. The summed E-state index contributed by atoms with van der Waals surface area (Å²) in [4.78, 5) is 44.3. The highest BCUT2D eigenvalue weighted by Gasteiger charge is 2.38. The number of hydrogen-bond acceptors (Lipinski definition) is 5. The molecule has 1 aliphatic rings. The van der Waals surface area contributed by atoms with Crippen LogP contribution in [0.15, 0.2) is 30.7 Å². The summed E-state index contributed by atoms with van der Waals surface area (Å²) in [6.45, 7) is 7.94. The number of carboxylic acid groups (broad SMARTS) is 1. The Balaban J connectivity index is 0.000000509. The van der Waals surface area contributed by atoms with Gasteiger partial charge in [-0.15, -0.1) is 0 Å². The third-order valence-corrected chi connectivity index (χ3v) is 5.14. The molecule has 2 N–H and O–H groups in total. The Kier molecular flexibility index (Phi) is 9.16. The Morgan fingerprint density at radius 2 is 1.94 bits per heavy atom. The number of hydrogen-bond donors (Lipinski definition) is 2. The molecule has 0 fully saturated rings. The molecular weight excluding hydrogens is 455 g/mol. The molecule has 0 saturated heterocycles. The Bertz CT molecular complexity index is 992. The van der Waals surface area contributed by atoms with Gasteiger partial charge in [-0.1, -0.05) is 19.9 Å². The second-order valence-corrected chi connectivity index (χ2v) is 8.22. The van der Waals surface area contributed by atoms with Gasteiger partial charge < -0.3 is 19.9 Å². The molecule has 12 heteroatoms. The molecule has 0 bridgehead atoms. The van der Waals surface area contributed by atoms with Crippen LogP contribution in [0.25, 0.3) is 0 Å². The minimum Gasteiger partial charge on any atom is -0.475 e. The van der Waals surface area contributed by atoms with E-state index in [1.54, 1.807) is 18.6 Å². The maximum Gasteiger partial charge on any atom is 0.490 e. The molecule has 0 radical (unpaired) electrons. The smallest absolute Gasteiger partial charge is 0.475 e. The van der Waals surface area contributed by atoms with Crippen LogP contribution in [0.1, 0.15) is 61.5 Å². The van der Waals surface area contributed by atoms with Crippen molar-refractivity contribution in [3.05, 3.63) is 47.8 Å². The average Bonchev–Trinajstić information content (AvgIpc) is 3.22. The largest absolute Gasteiger partial charge is 0.490 e. The van der Waals surface area contributed by atoms with Gasteiger partial charge in [0, 0.05) is 44.6 Å². The monoisotopic (exact) mass is 483 g/mol. The highest BCUT2D eigenvalue weighted by Crippen LogP contribution is 2.26. The number of aromatic nitrogens is 3. The molecule has 1 atom stereocenters. The number of aliphatic carboxylic acids is 1. The van der Waals surface area contributed by atoms with Crippen molar-refractivity contribution < 1.29 is 32.7 Å². The van der Waals surface area contributed by atoms with Crippen LogP contribution in [0, 0.1) is 5.92 Å². The Morgan fingerprint density at radius 1 is 1.26 bits per heavy atom. The molecule has 2 aromatic heterocycles. The van der Waals surface area contributed by atoms with Crippen molar-refractivity contribution in [2.45, 2.75) is 58.9 Å². The summed E-state index contributed by atoms with van der Waals surface area (Å²) in [5, 5.41) is 10.00. The number of pyridine rings is 1. The minimum absolute atomic E-state index is 0.127. The summed E-state index contributed by atoms with van der Waals surface area (Å²) in [6.07, 6.45) is 1.56. The summed E-state index contributed by atoms with van der Waals surface area (Å²) in [6, 6.07) is 3.62. The van der Waals surface area contributed by atoms with E-state index >= 15 is 0 Å². The quantitative estimate of drug-likeness (QED) is 0.652. The first-order valence-electron chi connectivity index (χ1n) is 10.7. The zero-order valence-corrected chi connectivity index (χ0v) is 19.2. The van der Waals surface area contributed by atoms with Crippen LogP contribution in [0.5, 0.6) is 0 Å². The molecule has 0 saturated carbocycles. The molecule has 0 spiro atoms. The van der Waals surface area contributed by atoms with E-state index in [1.165, 1.54) is 0 Å². The van der Waals surface area contributed by atoms with Gasteiger partial charge in [0.05, 0.1) is 6.04 Å².